The monoisotopic (exact) mass is 490 g/mol. The molecule has 0 fully saturated rings. The molecular formula is C15H19F7NO7S-. The molecule has 0 radical (unpaired) electrons. The smallest absolute Gasteiger partial charge is 0.466 e. The summed E-state index contributed by atoms with van der Waals surface area (Å²) in [5.74, 6) is -14.3. The molecule has 1 amide bonds. The number of esters is 1. The normalized spacial score (nSPS) is 15.7. The summed E-state index contributed by atoms with van der Waals surface area (Å²) in [6.07, 6.45) is -8.39. The third kappa shape index (κ3) is 6.77. The van der Waals surface area contributed by atoms with E-state index in [1.807, 2.05) is 0 Å². The lowest BCUT2D eigenvalue weighted by atomic mass is 10.1. The number of hydrogen-bond acceptors (Lipinski definition) is 7. The van der Waals surface area contributed by atoms with Crippen LogP contribution in [0.4, 0.5) is 30.7 Å². The Bertz CT molecular complexity index is 819. The third-order valence-corrected chi connectivity index (χ3v) is 4.13. The Kier molecular flexibility index (Phi) is 8.34. The molecule has 0 heterocycles. The highest BCUT2D eigenvalue weighted by Crippen LogP contribution is 2.42. The van der Waals surface area contributed by atoms with Gasteiger partial charge in [0.25, 0.3) is 0 Å². The van der Waals surface area contributed by atoms with Crippen molar-refractivity contribution in [2.45, 2.75) is 62.8 Å². The summed E-state index contributed by atoms with van der Waals surface area (Å²) in [5.41, 5.74) is -2.07. The molecule has 0 aromatic rings. The van der Waals surface area contributed by atoms with E-state index in [1.54, 1.807) is 5.32 Å². The second kappa shape index (κ2) is 8.90. The van der Waals surface area contributed by atoms with Crippen LogP contribution in [0.25, 0.3) is 0 Å². The number of alkyl halides is 7. The second-order valence-electron chi connectivity index (χ2n) is 7.26. The van der Waals surface area contributed by atoms with Gasteiger partial charge in [-0.1, -0.05) is 6.58 Å². The fraction of sp³-hybridized carbons (Fsp3) is 0.733. The maximum absolute atomic E-state index is 13.7. The Morgan fingerprint density at radius 2 is 1.48 bits per heavy atom. The van der Waals surface area contributed by atoms with Crippen molar-refractivity contribution in [1.29, 1.82) is 0 Å². The number of rotatable bonds is 9. The van der Waals surface area contributed by atoms with Crippen LogP contribution in [0.1, 0.15) is 34.1 Å². The van der Waals surface area contributed by atoms with Gasteiger partial charge in [-0.2, -0.15) is 30.7 Å². The van der Waals surface area contributed by atoms with Gasteiger partial charge in [-0.15, -0.1) is 0 Å². The number of carbonyl (C=O) groups is 2. The predicted octanol–water partition coefficient (Wildman–Crippen LogP) is 2.46. The first-order valence-electron chi connectivity index (χ1n) is 8.04. The molecule has 0 aliphatic rings. The first-order valence-corrected chi connectivity index (χ1v) is 9.45. The van der Waals surface area contributed by atoms with Crippen molar-refractivity contribution < 1.29 is 62.8 Å². The molecule has 1 N–H and O–H groups in total. The van der Waals surface area contributed by atoms with Crippen LogP contribution in [0.5, 0.6) is 0 Å². The first kappa shape index (κ1) is 29.1. The summed E-state index contributed by atoms with van der Waals surface area (Å²) in [6.45, 7) is 5.36. The zero-order valence-corrected chi connectivity index (χ0v) is 17.3. The lowest BCUT2D eigenvalue weighted by molar-refractivity contribution is -0.350. The van der Waals surface area contributed by atoms with Crippen molar-refractivity contribution in [2.24, 2.45) is 0 Å². The van der Waals surface area contributed by atoms with Crippen molar-refractivity contribution in [3.63, 3.8) is 0 Å². The van der Waals surface area contributed by atoms with Gasteiger partial charge in [0, 0.05) is 17.5 Å². The van der Waals surface area contributed by atoms with Crippen LogP contribution in [0.2, 0.25) is 0 Å². The summed E-state index contributed by atoms with van der Waals surface area (Å²) in [6, 6.07) is 0. The molecule has 31 heavy (non-hydrogen) atoms. The number of halogens is 7. The minimum atomic E-state index is -6.91. The van der Waals surface area contributed by atoms with E-state index in [4.69, 9.17) is 0 Å². The third-order valence-electron chi connectivity index (χ3n) is 3.21. The SMILES string of the molecule is C=C(C)C(=O)OC(OCCC(F)(F)C(F)(F)S(=O)(=O)[O-])(C(=O)NC(C)(C)C)C(F)(F)F. The molecule has 0 rings (SSSR count). The topological polar surface area (TPSA) is 122 Å². The van der Waals surface area contributed by atoms with Crippen LogP contribution in [0.15, 0.2) is 12.2 Å². The van der Waals surface area contributed by atoms with Crippen LogP contribution >= 0.6 is 0 Å². The van der Waals surface area contributed by atoms with E-state index in [1.165, 1.54) is 20.8 Å². The van der Waals surface area contributed by atoms with Crippen molar-refractivity contribution in [3.05, 3.63) is 12.2 Å². The number of hydrogen-bond donors (Lipinski definition) is 1. The molecule has 8 nitrogen and oxygen atoms in total. The Balaban J connectivity index is 6.14. The number of amides is 1. The molecule has 0 aromatic heterocycles. The molecule has 0 aromatic carbocycles. The number of carbonyl (C=O) groups excluding carboxylic acids is 2. The molecule has 0 aliphatic heterocycles. The average Bonchev–Trinajstić information content (AvgIpc) is 2.49. The van der Waals surface area contributed by atoms with Gasteiger partial charge in [0.1, 0.15) is 0 Å². The van der Waals surface area contributed by atoms with Crippen LogP contribution in [0, 0.1) is 0 Å². The highest BCUT2D eigenvalue weighted by molar-refractivity contribution is 7.86. The van der Waals surface area contributed by atoms with Crippen molar-refractivity contribution in [2.75, 3.05) is 6.61 Å². The standard InChI is InChI=1S/C15H20F7NO7S/c1-8(2)9(24)30-13(14(18,19)20,10(25)23-11(3,4)5)29-7-6-12(16,17)15(21,22)31(26,27)28/h1,6-7H2,2-5H3,(H,23,25)(H,26,27,28)/p-1. The van der Waals surface area contributed by atoms with Gasteiger partial charge in [-0.3, -0.25) is 4.79 Å². The van der Waals surface area contributed by atoms with Crippen LogP contribution in [-0.4, -0.2) is 60.1 Å². The van der Waals surface area contributed by atoms with Crippen LogP contribution in [0.3, 0.4) is 0 Å². The number of nitrogens with one attached hydrogen (secondary N) is 1. The van der Waals surface area contributed by atoms with Gasteiger partial charge in [-0.05, 0) is 27.7 Å². The second-order valence-corrected chi connectivity index (χ2v) is 8.68. The van der Waals surface area contributed by atoms with Gasteiger partial charge in [-0.25, -0.2) is 13.2 Å². The van der Waals surface area contributed by atoms with Gasteiger partial charge < -0.3 is 19.3 Å². The average molecular weight is 490 g/mol. The van der Waals surface area contributed by atoms with Crippen LogP contribution < -0.4 is 5.32 Å². The van der Waals surface area contributed by atoms with Crippen LogP contribution in [-0.2, 0) is 29.2 Å². The van der Waals surface area contributed by atoms with E-state index >= 15 is 0 Å². The van der Waals surface area contributed by atoms with E-state index in [-0.39, 0.29) is 0 Å². The Hall–Kier alpha value is -1.94. The lowest BCUT2D eigenvalue weighted by Crippen LogP contribution is -2.64. The Morgan fingerprint density at radius 1 is 1.03 bits per heavy atom. The van der Waals surface area contributed by atoms with Gasteiger partial charge in [0.15, 0.2) is 10.1 Å². The Labute approximate surface area is 172 Å². The molecule has 0 bridgehead atoms. The lowest BCUT2D eigenvalue weighted by Gasteiger charge is -2.36. The van der Waals surface area contributed by atoms with Gasteiger partial charge >= 0.3 is 35.0 Å². The molecule has 182 valence electrons. The van der Waals surface area contributed by atoms with Crippen molar-refractivity contribution >= 4 is 22.0 Å². The molecule has 1 atom stereocenters. The molecule has 0 aliphatic carbocycles. The van der Waals surface area contributed by atoms with Gasteiger partial charge in [0.2, 0.25) is 0 Å². The summed E-state index contributed by atoms with van der Waals surface area (Å²) < 4.78 is 134. The minimum absolute atomic E-state index is 0.671. The fourth-order valence-corrected chi connectivity index (χ4v) is 2.17. The highest BCUT2D eigenvalue weighted by atomic mass is 32.2. The molecule has 1 unspecified atom stereocenters. The summed E-state index contributed by atoms with van der Waals surface area (Å²) >= 11 is 0. The molecule has 0 saturated carbocycles. The molecule has 0 saturated heterocycles. The number of ether oxygens (including phenoxy) is 2. The summed E-state index contributed by atoms with van der Waals surface area (Å²) in [7, 11) is -6.91. The largest absolute Gasteiger partial charge is 0.743 e. The molecular weight excluding hydrogens is 471 g/mol. The summed E-state index contributed by atoms with van der Waals surface area (Å²) in [4.78, 5) is 23.9. The highest BCUT2D eigenvalue weighted by Gasteiger charge is 2.67. The Morgan fingerprint density at radius 3 is 1.81 bits per heavy atom. The quantitative estimate of drug-likeness (QED) is 0.173. The maximum Gasteiger partial charge on any atom is 0.466 e. The van der Waals surface area contributed by atoms with E-state index in [0.717, 1.165) is 6.92 Å². The van der Waals surface area contributed by atoms with Crippen molar-refractivity contribution in [3.8, 4) is 0 Å². The van der Waals surface area contributed by atoms with Crippen molar-refractivity contribution in [1.82, 2.24) is 5.32 Å². The fourth-order valence-electron chi connectivity index (χ4n) is 1.70. The summed E-state index contributed by atoms with van der Waals surface area (Å²) in [5, 5.41) is -4.46. The zero-order valence-electron chi connectivity index (χ0n) is 16.5. The maximum atomic E-state index is 13.7. The van der Waals surface area contributed by atoms with E-state index in [2.05, 4.69) is 16.1 Å². The zero-order chi connectivity index (χ0) is 25.3. The van der Waals surface area contributed by atoms with E-state index in [0.29, 0.717) is 0 Å². The van der Waals surface area contributed by atoms with Gasteiger partial charge in [0.05, 0.1) is 6.61 Å². The minimum Gasteiger partial charge on any atom is -0.743 e. The predicted molar refractivity (Wildman–Crippen MR) is 87.7 cm³/mol. The van der Waals surface area contributed by atoms with E-state index in [9.17, 15) is 53.3 Å². The van der Waals surface area contributed by atoms with E-state index < -0.39 is 69.3 Å². The first-order chi connectivity index (χ1) is 13.4. The molecule has 16 heteroatoms. The molecule has 0 spiro atoms.